The van der Waals surface area contributed by atoms with Crippen molar-refractivity contribution in [1.29, 1.82) is 0 Å². The molecule has 0 radical (unpaired) electrons. The third-order valence-electron chi connectivity index (χ3n) is 5.59. The number of hydrogen-bond donors (Lipinski definition) is 0. The van der Waals surface area contributed by atoms with Gasteiger partial charge in [-0.2, -0.15) is 8.78 Å². The second kappa shape index (κ2) is 11.0. The van der Waals surface area contributed by atoms with E-state index in [0.29, 0.717) is 30.3 Å². The van der Waals surface area contributed by atoms with Gasteiger partial charge in [-0.1, -0.05) is 12.1 Å². The maximum atomic E-state index is 14.8. The van der Waals surface area contributed by atoms with Crippen LogP contribution in [-0.2, 0) is 15.6 Å². The Morgan fingerprint density at radius 1 is 0.750 bits per heavy atom. The first kappa shape index (κ1) is 29.2. The fraction of sp³-hybridized carbons (Fsp3) is 0.231. The lowest BCUT2D eigenvalue weighted by atomic mass is 10.0. The first-order valence-electron chi connectivity index (χ1n) is 11.1. The highest BCUT2D eigenvalue weighted by Gasteiger charge is 2.42. The zero-order valence-electron chi connectivity index (χ0n) is 19.8. The molecule has 1 saturated heterocycles. The Kier molecular flexibility index (Phi) is 8.04. The lowest BCUT2D eigenvalue weighted by molar-refractivity contribution is -0.275. The fourth-order valence-electron chi connectivity index (χ4n) is 3.80. The van der Waals surface area contributed by atoms with Crippen LogP contribution in [0.25, 0.3) is 11.1 Å². The summed E-state index contributed by atoms with van der Waals surface area (Å²) in [4.78, 5) is 0. The highest BCUT2D eigenvalue weighted by atomic mass is 19.4. The molecule has 0 saturated carbocycles. The van der Waals surface area contributed by atoms with Crippen LogP contribution in [0.4, 0.5) is 43.9 Å². The zero-order chi connectivity index (χ0) is 29.4. The molecule has 4 nitrogen and oxygen atoms in total. The topological polar surface area (TPSA) is 36.9 Å². The summed E-state index contributed by atoms with van der Waals surface area (Å²) in [6.45, 7) is 3.76. The van der Waals surface area contributed by atoms with Gasteiger partial charge in [0.2, 0.25) is 0 Å². The highest BCUT2D eigenvalue weighted by molar-refractivity contribution is 5.67. The molecular formula is C26H16F10O4. The quantitative estimate of drug-likeness (QED) is 0.210. The van der Waals surface area contributed by atoms with E-state index in [2.05, 4.69) is 16.1 Å². The summed E-state index contributed by atoms with van der Waals surface area (Å²) >= 11 is 0. The monoisotopic (exact) mass is 582 g/mol. The van der Waals surface area contributed by atoms with Crippen molar-refractivity contribution in [2.24, 2.45) is 5.92 Å². The lowest BCUT2D eigenvalue weighted by Gasteiger charge is -2.28. The van der Waals surface area contributed by atoms with E-state index in [1.165, 1.54) is 6.08 Å². The molecule has 0 unspecified atom stereocenters. The van der Waals surface area contributed by atoms with Gasteiger partial charge in [-0.25, -0.2) is 22.0 Å². The molecule has 0 bridgehead atoms. The van der Waals surface area contributed by atoms with Crippen molar-refractivity contribution in [3.05, 3.63) is 95.3 Å². The number of benzene rings is 3. The Hall–Kier alpha value is -3.78. The van der Waals surface area contributed by atoms with Gasteiger partial charge in [-0.05, 0) is 29.8 Å². The maximum absolute atomic E-state index is 14.8. The van der Waals surface area contributed by atoms with E-state index < -0.39 is 76.0 Å². The first-order chi connectivity index (χ1) is 18.7. The van der Waals surface area contributed by atoms with Crippen LogP contribution >= 0.6 is 0 Å². The van der Waals surface area contributed by atoms with E-state index in [0.717, 1.165) is 0 Å². The van der Waals surface area contributed by atoms with Crippen molar-refractivity contribution in [3.63, 3.8) is 0 Å². The predicted molar refractivity (Wildman–Crippen MR) is 118 cm³/mol. The van der Waals surface area contributed by atoms with Crippen molar-refractivity contribution in [1.82, 2.24) is 0 Å². The standard InChI is InChI=1S/C26H16F10O4/c1-2-12-10-37-24(38-11-12)14-6-19(30)23(20(31)7-14)25(32,33)39-15-8-17(28)22(18(29)9-15)13-3-4-21(16(27)5-13)40-26(34,35)36/h2-9,12,24H,1,10-11H2. The predicted octanol–water partition coefficient (Wildman–Crippen LogP) is 7.92. The van der Waals surface area contributed by atoms with Crippen molar-refractivity contribution in [2.45, 2.75) is 18.8 Å². The van der Waals surface area contributed by atoms with Crippen molar-refractivity contribution in [2.75, 3.05) is 13.2 Å². The molecule has 0 spiro atoms. The number of alkyl halides is 5. The summed E-state index contributed by atoms with van der Waals surface area (Å²) in [6, 6.07) is 2.94. The van der Waals surface area contributed by atoms with Gasteiger partial charge in [-0.3, -0.25) is 0 Å². The third kappa shape index (κ3) is 6.33. The molecule has 14 heteroatoms. The van der Waals surface area contributed by atoms with Crippen molar-refractivity contribution < 1.29 is 62.9 Å². The average molecular weight is 582 g/mol. The van der Waals surface area contributed by atoms with E-state index in [4.69, 9.17) is 9.47 Å². The summed E-state index contributed by atoms with van der Waals surface area (Å²) < 4.78 is 157. The second-order valence-electron chi connectivity index (χ2n) is 8.43. The minimum atomic E-state index is -5.24. The van der Waals surface area contributed by atoms with E-state index in [9.17, 15) is 43.9 Å². The second-order valence-corrected chi connectivity index (χ2v) is 8.43. The van der Waals surface area contributed by atoms with E-state index in [1.807, 2.05) is 0 Å². The molecule has 3 aromatic carbocycles. The molecule has 0 aromatic heterocycles. The molecule has 1 aliphatic rings. The molecule has 3 aromatic rings. The minimum absolute atomic E-state index is 0.101. The van der Waals surface area contributed by atoms with E-state index in [-0.39, 0.29) is 36.8 Å². The summed E-state index contributed by atoms with van der Waals surface area (Å²) in [7, 11) is 0. The van der Waals surface area contributed by atoms with Gasteiger partial charge in [0.15, 0.2) is 17.9 Å². The SMILES string of the molecule is C=CC1COC(c2cc(F)c(C(F)(F)Oc3cc(F)c(-c4ccc(OC(F)(F)F)c(F)c4)c(F)c3)c(F)c2)OC1. The summed E-state index contributed by atoms with van der Waals surface area (Å²) in [5.74, 6) is -11.0. The number of ether oxygens (including phenoxy) is 4. The Balaban J connectivity index is 1.58. The van der Waals surface area contributed by atoms with Gasteiger partial charge < -0.3 is 18.9 Å². The van der Waals surface area contributed by atoms with Crippen molar-refractivity contribution in [3.8, 4) is 22.6 Å². The van der Waals surface area contributed by atoms with Gasteiger partial charge in [-0.15, -0.1) is 19.8 Å². The Labute approximate surface area is 219 Å². The lowest BCUT2D eigenvalue weighted by Crippen LogP contribution is -2.28. The van der Waals surface area contributed by atoms with Crippen LogP contribution in [0.2, 0.25) is 0 Å². The molecule has 1 heterocycles. The van der Waals surface area contributed by atoms with Crippen LogP contribution in [0.5, 0.6) is 11.5 Å². The largest absolute Gasteiger partial charge is 0.573 e. The molecule has 4 rings (SSSR count). The highest BCUT2D eigenvalue weighted by Crippen LogP contribution is 2.39. The molecule has 0 atom stereocenters. The molecule has 214 valence electrons. The molecule has 0 amide bonds. The number of halogens is 10. The smallest absolute Gasteiger partial charge is 0.429 e. The van der Waals surface area contributed by atoms with Crippen LogP contribution in [0, 0.1) is 35.0 Å². The van der Waals surface area contributed by atoms with Crippen LogP contribution in [0.15, 0.2) is 55.1 Å². The Morgan fingerprint density at radius 2 is 1.32 bits per heavy atom. The Morgan fingerprint density at radius 3 is 1.82 bits per heavy atom. The molecular weight excluding hydrogens is 566 g/mol. The van der Waals surface area contributed by atoms with Gasteiger partial charge in [0.1, 0.15) is 34.6 Å². The molecule has 0 N–H and O–H groups in total. The van der Waals surface area contributed by atoms with Gasteiger partial charge in [0.05, 0.1) is 18.8 Å². The van der Waals surface area contributed by atoms with Crippen LogP contribution in [0.3, 0.4) is 0 Å². The van der Waals surface area contributed by atoms with Crippen molar-refractivity contribution >= 4 is 0 Å². The van der Waals surface area contributed by atoms with Crippen LogP contribution in [-0.4, -0.2) is 19.6 Å². The first-order valence-corrected chi connectivity index (χ1v) is 11.1. The molecule has 0 aliphatic carbocycles. The number of rotatable bonds is 7. The molecule has 1 aliphatic heterocycles. The third-order valence-corrected chi connectivity index (χ3v) is 5.59. The Bertz CT molecular complexity index is 1370. The summed E-state index contributed by atoms with van der Waals surface area (Å²) in [5, 5.41) is 0. The number of hydrogen-bond acceptors (Lipinski definition) is 4. The summed E-state index contributed by atoms with van der Waals surface area (Å²) in [6.07, 6.45) is -9.73. The minimum Gasteiger partial charge on any atom is -0.429 e. The van der Waals surface area contributed by atoms with Gasteiger partial charge in [0.25, 0.3) is 0 Å². The van der Waals surface area contributed by atoms with Gasteiger partial charge in [0, 0.05) is 23.6 Å². The van der Waals surface area contributed by atoms with E-state index >= 15 is 0 Å². The fourth-order valence-corrected chi connectivity index (χ4v) is 3.80. The normalized spacial score (nSPS) is 17.9. The van der Waals surface area contributed by atoms with Crippen LogP contribution < -0.4 is 9.47 Å². The zero-order valence-corrected chi connectivity index (χ0v) is 19.8. The van der Waals surface area contributed by atoms with Gasteiger partial charge >= 0.3 is 12.5 Å². The van der Waals surface area contributed by atoms with Crippen LogP contribution in [0.1, 0.15) is 17.4 Å². The average Bonchev–Trinajstić information content (AvgIpc) is 2.83. The summed E-state index contributed by atoms with van der Waals surface area (Å²) in [5.41, 5.74) is -3.75. The maximum Gasteiger partial charge on any atom is 0.573 e. The molecule has 40 heavy (non-hydrogen) atoms. The van der Waals surface area contributed by atoms with E-state index in [1.54, 1.807) is 0 Å². The molecule has 1 fully saturated rings.